The molecule has 6 amide bonds. The summed E-state index contributed by atoms with van der Waals surface area (Å²) < 4.78 is 0. The van der Waals surface area contributed by atoms with Crippen molar-refractivity contribution in [2.75, 3.05) is 13.1 Å². The topological polar surface area (TPSA) is 228 Å². The lowest BCUT2D eigenvalue weighted by Crippen LogP contribution is -2.61. The van der Waals surface area contributed by atoms with Crippen LogP contribution in [0.15, 0.2) is 60.8 Å². The second-order valence-electron chi connectivity index (χ2n) is 16.8. The number of nitrogens with one attached hydrogen (secondary N) is 6. The summed E-state index contributed by atoms with van der Waals surface area (Å²) in [7, 11) is 0. The first-order valence-electron chi connectivity index (χ1n) is 21.8. The molecule has 3 aromatic rings. The van der Waals surface area contributed by atoms with Crippen molar-refractivity contribution in [3.05, 3.63) is 71.9 Å². The van der Waals surface area contributed by atoms with Gasteiger partial charge in [0.2, 0.25) is 35.4 Å². The van der Waals surface area contributed by atoms with Crippen LogP contribution in [0.1, 0.15) is 95.1 Å². The number of carbonyl (C=O) groups is 6. The van der Waals surface area contributed by atoms with Crippen LogP contribution in [0.5, 0.6) is 0 Å². The fraction of sp³-hybridized carbons (Fsp3) is 0.556. The van der Waals surface area contributed by atoms with Crippen LogP contribution in [-0.2, 0) is 41.6 Å². The van der Waals surface area contributed by atoms with Crippen molar-refractivity contribution in [2.45, 2.75) is 139 Å². The number of hydrogen-bond acceptors (Lipinski definition) is 8. The number of H-pyrrole nitrogens is 1. The van der Waals surface area contributed by atoms with Crippen molar-refractivity contribution in [2.24, 2.45) is 11.7 Å². The molecular formula is C45H62N8O7. The summed E-state index contributed by atoms with van der Waals surface area (Å²) in [6.07, 6.45) is 8.29. The summed E-state index contributed by atoms with van der Waals surface area (Å²) in [6.45, 7) is 2.16. The highest BCUT2D eigenvalue weighted by molar-refractivity contribution is 5.97. The Morgan fingerprint density at radius 2 is 1.53 bits per heavy atom. The highest BCUT2D eigenvalue weighted by Gasteiger charge is 2.45. The van der Waals surface area contributed by atoms with Gasteiger partial charge in [0.1, 0.15) is 30.2 Å². The lowest BCUT2D eigenvalue weighted by Gasteiger charge is -2.33. The van der Waals surface area contributed by atoms with E-state index >= 15 is 0 Å². The zero-order chi connectivity index (χ0) is 42.6. The number of hydrogen-bond donors (Lipinski definition) is 8. The molecule has 1 saturated carbocycles. The van der Waals surface area contributed by atoms with Gasteiger partial charge in [-0.1, -0.05) is 100 Å². The molecular weight excluding hydrogens is 765 g/mol. The van der Waals surface area contributed by atoms with Crippen LogP contribution in [-0.4, -0.2) is 106 Å². The Hall–Kier alpha value is -5.28. The summed E-state index contributed by atoms with van der Waals surface area (Å²) in [4.78, 5) is 89.3. The second-order valence-corrected chi connectivity index (χ2v) is 16.8. The zero-order valence-corrected chi connectivity index (χ0v) is 34.6. The largest absolute Gasteiger partial charge is 0.390 e. The van der Waals surface area contributed by atoms with Crippen molar-refractivity contribution in [3.63, 3.8) is 0 Å². The number of aliphatic hydroxyl groups is 1. The standard InChI is InChI=1S/C45H62N8O7/c1-2-3-18-34-41(56)47-22-12-20-35(50-40(55)32(46)24-28-13-6-4-7-14-28)45(60)53-23-21-38(54)39(53)44(59)52-36(25-29-15-8-5-9-16-29)42(57)51-37(43(58)49-34)26-30-27-48-33-19-11-10-17-31(30)33/h4,6-7,10-11,13-14,17,19,27,29,32,34-39,48,54H,2-3,5,8-9,12,15-16,18,20-26,46H2,1H3,(H,47,56)(H,49,58)(H,50,55)(H,51,57)(H,52,59)/t32-,34-,35-,36+,37-,38-,39-/m0/s1. The van der Waals surface area contributed by atoms with Crippen LogP contribution < -0.4 is 32.3 Å². The number of aromatic amines is 1. The predicted octanol–water partition coefficient (Wildman–Crippen LogP) is 2.25. The number of aromatic nitrogens is 1. The third-order valence-corrected chi connectivity index (χ3v) is 12.3. The lowest BCUT2D eigenvalue weighted by molar-refractivity contribution is -0.144. The predicted molar refractivity (Wildman–Crippen MR) is 227 cm³/mol. The lowest BCUT2D eigenvalue weighted by atomic mass is 9.84. The smallest absolute Gasteiger partial charge is 0.246 e. The maximum Gasteiger partial charge on any atom is 0.246 e. The first-order valence-corrected chi connectivity index (χ1v) is 21.8. The van der Waals surface area contributed by atoms with Gasteiger partial charge in [-0.2, -0.15) is 0 Å². The molecule has 15 nitrogen and oxygen atoms in total. The van der Waals surface area contributed by atoms with Crippen molar-refractivity contribution >= 4 is 46.3 Å². The molecule has 6 rings (SSSR count). The van der Waals surface area contributed by atoms with Gasteiger partial charge in [0.05, 0.1) is 12.1 Å². The number of carbonyl (C=O) groups excluding carboxylic acids is 6. The molecule has 0 radical (unpaired) electrons. The Balaban J connectivity index is 1.30. The molecule has 7 atom stereocenters. The number of fused-ring (bicyclic) bond motifs is 2. The van der Waals surface area contributed by atoms with E-state index in [1.165, 1.54) is 4.90 Å². The van der Waals surface area contributed by atoms with Gasteiger partial charge >= 0.3 is 0 Å². The van der Waals surface area contributed by atoms with Crippen molar-refractivity contribution in [3.8, 4) is 0 Å². The zero-order valence-electron chi connectivity index (χ0n) is 34.6. The Morgan fingerprint density at radius 3 is 2.30 bits per heavy atom. The van der Waals surface area contributed by atoms with Gasteiger partial charge < -0.3 is 47.3 Å². The van der Waals surface area contributed by atoms with E-state index in [9.17, 15) is 33.9 Å². The fourth-order valence-electron chi connectivity index (χ4n) is 8.87. The molecule has 3 fully saturated rings. The van der Waals surface area contributed by atoms with Crippen molar-refractivity contribution in [1.29, 1.82) is 0 Å². The number of nitrogens with two attached hydrogens (primary N) is 1. The van der Waals surface area contributed by atoms with E-state index in [4.69, 9.17) is 5.73 Å². The number of nitrogens with zero attached hydrogens (tertiary/aromatic N) is 1. The van der Waals surface area contributed by atoms with E-state index in [-0.39, 0.29) is 51.1 Å². The third kappa shape index (κ3) is 11.5. The number of rotatable bonds is 11. The Labute approximate surface area is 351 Å². The summed E-state index contributed by atoms with van der Waals surface area (Å²) in [5.74, 6) is -3.21. The summed E-state index contributed by atoms with van der Waals surface area (Å²) in [6, 6.07) is 10.4. The molecule has 1 aliphatic carbocycles. The van der Waals surface area contributed by atoms with E-state index < -0.39 is 77.8 Å². The van der Waals surface area contributed by atoms with Gasteiger partial charge in [-0.15, -0.1) is 0 Å². The number of aliphatic hydroxyl groups excluding tert-OH is 1. The van der Waals surface area contributed by atoms with Crippen molar-refractivity contribution < 1.29 is 33.9 Å². The van der Waals surface area contributed by atoms with Gasteiger partial charge in [0, 0.05) is 36.6 Å². The Morgan fingerprint density at radius 1 is 0.833 bits per heavy atom. The maximum atomic E-state index is 14.5. The molecule has 0 unspecified atom stereocenters. The minimum absolute atomic E-state index is 0.0444. The SMILES string of the molecule is CCCC[C@@H]1NC(=O)[C@H](Cc2c[nH]c3ccccc23)NC(=O)[C@@H](CC2CCCCC2)NC(=O)[C@@H]2[C@@H](O)CCN2C(=O)[C@@H](NC(=O)[C@@H](N)Cc2ccccc2)CCCNC1=O. The normalized spacial score (nSPS) is 25.9. The maximum absolute atomic E-state index is 14.5. The van der Waals surface area contributed by atoms with E-state index in [0.717, 1.165) is 60.6 Å². The molecule has 0 bridgehead atoms. The van der Waals surface area contributed by atoms with Crippen LogP contribution in [0.2, 0.25) is 0 Å². The van der Waals surface area contributed by atoms with E-state index in [1.807, 2.05) is 61.5 Å². The van der Waals surface area contributed by atoms with Gasteiger partial charge in [0.25, 0.3) is 0 Å². The number of amides is 6. The first kappa shape index (κ1) is 44.3. The van der Waals surface area contributed by atoms with Crippen LogP contribution in [0.3, 0.4) is 0 Å². The highest BCUT2D eigenvalue weighted by atomic mass is 16.3. The van der Waals surface area contributed by atoms with E-state index in [2.05, 4.69) is 31.6 Å². The molecule has 2 saturated heterocycles. The highest BCUT2D eigenvalue weighted by Crippen LogP contribution is 2.28. The summed E-state index contributed by atoms with van der Waals surface area (Å²) in [5.41, 5.74) is 8.83. The van der Waals surface area contributed by atoms with E-state index in [0.29, 0.717) is 19.3 Å². The second kappa shape index (κ2) is 21.3. The van der Waals surface area contributed by atoms with Gasteiger partial charge in [-0.05, 0) is 61.6 Å². The molecule has 1 aromatic heterocycles. The summed E-state index contributed by atoms with van der Waals surface area (Å²) in [5, 5.41) is 26.6. The number of benzene rings is 2. The first-order chi connectivity index (χ1) is 29.0. The average molecular weight is 827 g/mol. The molecule has 2 aliphatic heterocycles. The van der Waals surface area contributed by atoms with E-state index in [1.54, 1.807) is 6.20 Å². The van der Waals surface area contributed by atoms with Crippen LogP contribution in [0, 0.1) is 5.92 Å². The average Bonchev–Trinajstić information content (AvgIpc) is 3.85. The third-order valence-electron chi connectivity index (χ3n) is 12.3. The Bertz CT molecular complexity index is 1950. The quantitative estimate of drug-likeness (QED) is 0.143. The monoisotopic (exact) mass is 826 g/mol. The molecule has 3 heterocycles. The van der Waals surface area contributed by atoms with Crippen molar-refractivity contribution in [1.82, 2.24) is 36.5 Å². The van der Waals surface area contributed by atoms with Crippen LogP contribution >= 0.6 is 0 Å². The van der Waals surface area contributed by atoms with Crippen LogP contribution in [0.4, 0.5) is 0 Å². The minimum Gasteiger partial charge on any atom is -0.390 e. The molecule has 15 heteroatoms. The molecule has 324 valence electrons. The number of unbranched alkanes of at least 4 members (excludes halogenated alkanes) is 1. The number of para-hydroxylation sites is 1. The Kier molecular flexibility index (Phi) is 15.7. The summed E-state index contributed by atoms with van der Waals surface area (Å²) >= 11 is 0. The molecule has 3 aliphatic rings. The molecule has 0 spiro atoms. The molecule has 2 aromatic carbocycles. The molecule has 9 N–H and O–H groups in total. The minimum atomic E-state index is -1.33. The molecule has 60 heavy (non-hydrogen) atoms. The fourth-order valence-corrected chi connectivity index (χ4v) is 8.87. The van der Waals surface area contributed by atoms with Gasteiger partial charge in [-0.3, -0.25) is 28.8 Å². The van der Waals surface area contributed by atoms with Crippen LogP contribution in [0.25, 0.3) is 10.9 Å². The van der Waals surface area contributed by atoms with Gasteiger partial charge in [0.15, 0.2) is 0 Å². The van der Waals surface area contributed by atoms with Gasteiger partial charge in [-0.25, -0.2) is 0 Å².